The molecule has 0 radical (unpaired) electrons. The number of rotatable bonds is 2. The zero-order valence-electron chi connectivity index (χ0n) is 10.6. The van der Waals surface area contributed by atoms with Gasteiger partial charge in [0.25, 0.3) is 0 Å². The van der Waals surface area contributed by atoms with Gasteiger partial charge >= 0.3 is 0 Å². The summed E-state index contributed by atoms with van der Waals surface area (Å²) in [5.74, 6) is 0.0328. The Morgan fingerprint density at radius 1 is 1.53 bits per heavy atom. The minimum absolute atomic E-state index is 0.0697. The summed E-state index contributed by atoms with van der Waals surface area (Å²) in [7, 11) is 0. The number of nitrogens with one attached hydrogen (secondary N) is 1. The Labute approximate surface area is 111 Å². The number of carbonyl (C=O) groups excluding carboxylic acids is 1. The highest BCUT2D eigenvalue weighted by atomic mass is 16.5. The van der Waals surface area contributed by atoms with Gasteiger partial charge in [-0.1, -0.05) is 0 Å². The fourth-order valence-electron chi connectivity index (χ4n) is 2.61. The van der Waals surface area contributed by atoms with Gasteiger partial charge in [-0.25, -0.2) is 0 Å². The summed E-state index contributed by atoms with van der Waals surface area (Å²) in [6.45, 7) is 2.47. The van der Waals surface area contributed by atoms with Crippen LogP contribution < -0.4 is 0 Å². The van der Waals surface area contributed by atoms with E-state index in [0.29, 0.717) is 17.7 Å². The quantitative estimate of drug-likeness (QED) is 0.838. The van der Waals surface area contributed by atoms with Gasteiger partial charge in [-0.05, 0) is 31.5 Å². The first-order valence-electron chi connectivity index (χ1n) is 6.36. The molecule has 1 aromatic carbocycles. The van der Waals surface area contributed by atoms with Crippen molar-refractivity contribution in [3.63, 3.8) is 0 Å². The predicted molar refractivity (Wildman–Crippen MR) is 70.9 cm³/mol. The molecular weight excluding hydrogens is 240 g/mol. The summed E-state index contributed by atoms with van der Waals surface area (Å²) >= 11 is 0. The molecule has 1 N–H and O–H groups in total. The number of hydrogen-bond donors (Lipinski definition) is 1. The number of aromatic amines is 1. The van der Waals surface area contributed by atoms with E-state index in [9.17, 15) is 4.79 Å². The van der Waals surface area contributed by atoms with Gasteiger partial charge in [0.1, 0.15) is 0 Å². The maximum absolute atomic E-state index is 12.5. The van der Waals surface area contributed by atoms with Crippen molar-refractivity contribution in [2.75, 3.05) is 6.61 Å². The second-order valence-corrected chi connectivity index (χ2v) is 5.02. The number of ketones is 1. The summed E-state index contributed by atoms with van der Waals surface area (Å²) < 4.78 is 5.46. The summed E-state index contributed by atoms with van der Waals surface area (Å²) in [6, 6.07) is 7.44. The van der Waals surface area contributed by atoms with Crippen LogP contribution in [0.15, 0.2) is 24.4 Å². The highest BCUT2D eigenvalue weighted by Crippen LogP contribution is 2.27. The van der Waals surface area contributed by atoms with Gasteiger partial charge in [0.05, 0.1) is 24.3 Å². The molecular formula is C15H14N2O2. The van der Waals surface area contributed by atoms with Gasteiger partial charge < -0.3 is 9.72 Å². The van der Waals surface area contributed by atoms with Crippen molar-refractivity contribution in [3.05, 3.63) is 35.5 Å². The third kappa shape index (κ3) is 2.02. The molecule has 1 fully saturated rings. The van der Waals surface area contributed by atoms with Gasteiger partial charge in [-0.15, -0.1) is 0 Å². The molecule has 96 valence electrons. The Morgan fingerprint density at radius 2 is 2.37 bits per heavy atom. The molecule has 1 saturated heterocycles. The lowest BCUT2D eigenvalue weighted by Gasteiger charge is -2.05. The maximum Gasteiger partial charge on any atom is 0.170 e. The normalized spacial score (nSPS) is 22.5. The average molecular weight is 254 g/mol. The zero-order valence-corrected chi connectivity index (χ0v) is 10.6. The van der Waals surface area contributed by atoms with Crippen LogP contribution in [0.25, 0.3) is 10.9 Å². The number of fused-ring (bicyclic) bond motifs is 1. The summed E-state index contributed by atoms with van der Waals surface area (Å²) in [5.41, 5.74) is 2.11. The largest absolute Gasteiger partial charge is 0.378 e. The van der Waals surface area contributed by atoms with Crippen LogP contribution in [0, 0.1) is 17.2 Å². The Morgan fingerprint density at radius 3 is 3.05 bits per heavy atom. The molecule has 2 heterocycles. The Balaban J connectivity index is 2.00. The molecule has 19 heavy (non-hydrogen) atoms. The fourth-order valence-corrected chi connectivity index (χ4v) is 2.61. The number of benzene rings is 1. The van der Waals surface area contributed by atoms with E-state index in [1.165, 1.54) is 0 Å². The zero-order chi connectivity index (χ0) is 13.4. The first-order chi connectivity index (χ1) is 9.19. The predicted octanol–water partition coefficient (Wildman–Crippen LogP) is 2.65. The lowest BCUT2D eigenvalue weighted by Crippen LogP contribution is -2.14. The standard InChI is InChI=1S/C15H14N2O2/c1-9-4-11(8-19-9)15(18)13-7-17-14-3-2-10(6-16)5-12(13)14/h2-3,5,7,9,11,17H,4,8H2,1H3. The van der Waals surface area contributed by atoms with Crippen molar-refractivity contribution in [2.24, 2.45) is 5.92 Å². The molecule has 0 aliphatic carbocycles. The van der Waals surface area contributed by atoms with Crippen molar-refractivity contribution >= 4 is 16.7 Å². The van der Waals surface area contributed by atoms with E-state index in [0.717, 1.165) is 17.3 Å². The molecule has 1 aromatic heterocycles. The topological polar surface area (TPSA) is 65.9 Å². The molecule has 3 rings (SSSR count). The smallest absolute Gasteiger partial charge is 0.170 e. The van der Waals surface area contributed by atoms with E-state index in [1.54, 1.807) is 18.3 Å². The average Bonchev–Trinajstić information content (AvgIpc) is 3.03. The van der Waals surface area contributed by atoms with Crippen molar-refractivity contribution < 1.29 is 9.53 Å². The lowest BCUT2D eigenvalue weighted by molar-refractivity contribution is 0.0879. The van der Waals surface area contributed by atoms with Gasteiger partial charge in [0.15, 0.2) is 5.78 Å². The van der Waals surface area contributed by atoms with Crippen LogP contribution in [0.3, 0.4) is 0 Å². The van der Waals surface area contributed by atoms with E-state index in [4.69, 9.17) is 10.00 Å². The van der Waals surface area contributed by atoms with E-state index in [-0.39, 0.29) is 17.8 Å². The minimum Gasteiger partial charge on any atom is -0.378 e. The molecule has 2 aromatic rings. The number of H-pyrrole nitrogens is 1. The van der Waals surface area contributed by atoms with Crippen LogP contribution in [-0.2, 0) is 4.74 Å². The van der Waals surface area contributed by atoms with E-state index >= 15 is 0 Å². The van der Waals surface area contributed by atoms with Crippen molar-refractivity contribution in [3.8, 4) is 6.07 Å². The maximum atomic E-state index is 12.5. The highest BCUT2D eigenvalue weighted by molar-refractivity contribution is 6.09. The van der Waals surface area contributed by atoms with Crippen LogP contribution in [0.4, 0.5) is 0 Å². The van der Waals surface area contributed by atoms with Crippen LogP contribution in [0.2, 0.25) is 0 Å². The third-order valence-corrected chi connectivity index (χ3v) is 3.65. The number of nitriles is 1. The SMILES string of the molecule is CC1CC(C(=O)c2c[nH]c3ccc(C#N)cc23)CO1. The summed E-state index contributed by atoms with van der Waals surface area (Å²) in [6.07, 6.45) is 2.65. The van der Waals surface area contributed by atoms with E-state index in [2.05, 4.69) is 11.1 Å². The van der Waals surface area contributed by atoms with Gasteiger partial charge in [0.2, 0.25) is 0 Å². The molecule has 0 spiro atoms. The van der Waals surface area contributed by atoms with Crippen LogP contribution >= 0.6 is 0 Å². The molecule has 2 unspecified atom stereocenters. The number of hydrogen-bond acceptors (Lipinski definition) is 3. The number of ether oxygens (including phenoxy) is 1. The Bertz CT molecular complexity index is 681. The van der Waals surface area contributed by atoms with Gasteiger partial charge in [-0.3, -0.25) is 4.79 Å². The lowest BCUT2D eigenvalue weighted by atomic mass is 9.95. The summed E-state index contributed by atoms with van der Waals surface area (Å²) in [4.78, 5) is 15.6. The third-order valence-electron chi connectivity index (χ3n) is 3.65. The number of carbonyl (C=O) groups is 1. The van der Waals surface area contributed by atoms with Crippen molar-refractivity contribution in [2.45, 2.75) is 19.4 Å². The number of aromatic nitrogens is 1. The van der Waals surface area contributed by atoms with Gasteiger partial charge in [-0.2, -0.15) is 5.26 Å². The summed E-state index contributed by atoms with van der Waals surface area (Å²) in [5, 5.41) is 9.77. The second-order valence-electron chi connectivity index (χ2n) is 5.02. The molecule has 4 nitrogen and oxygen atoms in total. The van der Waals surface area contributed by atoms with Crippen LogP contribution in [0.5, 0.6) is 0 Å². The number of Topliss-reactive ketones (excluding diaryl/α,β-unsaturated/α-hetero) is 1. The second kappa shape index (κ2) is 4.52. The monoisotopic (exact) mass is 254 g/mol. The minimum atomic E-state index is -0.0697. The molecule has 1 aliphatic rings. The molecule has 0 amide bonds. The molecule has 0 bridgehead atoms. The first kappa shape index (κ1) is 11.9. The molecule has 2 atom stereocenters. The van der Waals surface area contributed by atoms with Crippen molar-refractivity contribution in [1.29, 1.82) is 5.26 Å². The van der Waals surface area contributed by atoms with E-state index < -0.39 is 0 Å². The number of nitrogens with zero attached hydrogens (tertiary/aromatic N) is 1. The highest BCUT2D eigenvalue weighted by Gasteiger charge is 2.30. The molecule has 0 saturated carbocycles. The fraction of sp³-hybridized carbons (Fsp3) is 0.333. The van der Waals surface area contributed by atoms with Gasteiger partial charge in [0, 0.05) is 28.6 Å². The first-order valence-corrected chi connectivity index (χ1v) is 6.36. The Kier molecular flexibility index (Phi) is 2.84. The Hall–Kier alpha value is -2.12. The van der Waals surface area contributed by atoms with Crippen LogP contribution in [-0.4, -0.2) is 23.5 Å². The van der Waals surface area contributed by atoms with Crippen LogP contribution in [0.1, 0.15) is 29.3 Å². The molecule has 4 heteroatoms. The van der Waals surface area contributed by atoms with Crippen molar-refractivity contribution in [1.82, 2.24) is 4.98 Å². The van der Waals surface area contributed by atoms with E-state index in [1.807, 2.05) is 13.0 Å². The molecule has 1 aliphatic heterocycles.